The first-order chi connectivity index (χ1) is 14.6. The van der Waals surface area contributed by atoms with Crippen molar-refractivity contribution in [3.8, 4) is 0 Å². The van der Waals surface area contributed by atoms with Crippen molar-refractivity contribution in [2.24, 2.45) is 0 Å². The third-order valence-electron chi connectivity index (χ3n) is 4.67. The molecule has 0 atom stereocenters. The maximum absolute atomic E-state index is 12.3. The SMILES string of the molecule is CN(Cc1ccc(N(C)C)cc1)C(=O)COC(=O)CCCN(C)S(=O)(=O)c1cccs1. The Balaban J connectivity index is 1.71. The Hall–Kier alpha value is -2.43. The molecule has 0 bridgehead atoms. The van der Waals surface area contributed by atoms with Crippen LogP contribution >= 0.6 is 11.3 Å². The third-order valence-corrected chi connectivity index (χ3v) is 7.90. The van der Waals surface area contributed by atoms with Gasteiger partial charge in [0, 0.05) is 53.4 Å². The molecule has 0 aliphatic rings. The Bertz CT molecular complexity index is 957. The largest absolute Gasteiger partial charge is 0.456 e. The summed E-state index contributed by atoms with van der Waals surface area (Å²) in [4.78, 5) is 27.6. The minimum absolute atomic E-state index is 0.0350. The quantitative estimate of drug-likeness (QED) is 0.472. The van der Waals surface area contributed by atoms with Crippen LogP contribution in [0.2, 0.25) is 0 Å². The van der Waals surface area contributed by atoms with Crippen molar-refractivity contribution in [2.45, 2.75) is 23.6 Å². The highest BCUT2D eigenvalue weighted by Crippen LogP contribution is 2.20. The number of esters is 1. The Labute approximate surface area is 188 Å². The topological polar surface area (TPSA) is 87.2 Å². The number of carbonyl (C=O) groups is 2. The van der Waals surface area contributed by atoms with Gasteiger partial charge in [0.25, 0.3) is 15.9 Å². The molecule has 0 saturated carbocycles. The van der Waals surface area contributed by atoms with Gasteiger partial charge in [-0.15, -0.1) is 11.3 Å². The number of likely N-dealkylation sites (N-methyl/N-ethyl adjacent to an activating group) is 1. The second-order valence-corrected chi connectivity index (χ2v) is 10.6. The first-order valence-corrected chi connectivity index (χ1v) is 12.1. The molecule has 0 aliphatic carbocycles. The second-order valence-electron chi connectivity index (χ2n) is 7.33. The number of sulfonamides is 1. The normalized spacial score (nSPS) is 11.4. The highest BCUT2D eigenvalue weighted by atomic mass is 32.2. The van der Waals surface area contributed by atoms with Gasteiger partial charge in [0.05, 0.1) is 0 Å². The molecular weight excluding hydrogens is 438 g/mol. The zero-order valence-corrected chi connectivity index (χ0v) is 19.9. The van der Waals surface area contributed by atoms with Crippen LogP contribution in [-0.4, -0.2) is 70.8 Å². The Kier molecular flexibility index (Phi) is 9.02. The van der Waals surface area contributed by atoms with Gasteiger partial charge in [-0.1, -0.05) is 18.2 Å². The molecule has 0 fully saturated rings. The van der Waals surface area contributed by atoms with Gasteiger partial charge in [-0.2, -0.15) is 0 Å². The lowest BCUT2D eigenvalue weighted by Gasteiger charge is -2.18. The van der Waals surface area contributed by atoms with Gasteiger partial charge in [-0.05, 0) is 35.6 Å². The Morgan fingerprint density at radius 3 is 2.29 bits per heavy atom. The van der Waals surface area contributed by atoms with Crippen molar-refractivity contribution in [3.63, 3.8) is 0 Å². The summed E-state index contributed by atoms with van der Waals surface area (Å²) in [5, 5.41) is 1.70. The molecule has 31 heavy (non-hydrogen) atoms. The second kappa shape index (κ2) is 11.3. The Morgan fingerprint density at radius 1 is 1.03 bits per heavy atom. The molecule has 1 heterocycles. The summed E-state index contributed by atoms with van der Waals surface area (Å²) in [6.07, 6.45) is 0.343. The molecule has 1 aromatic carbocycles. The van der Waals surface area contributed by atoms with E-state index in [4.69, 9.17) is 4.74 Å². The van der Waals surface area contributed by atoms with Crippen molar-refractivity contribution in [1.29, 1.82) is 0 Å². The van der Waals surface area contributed by atoms with E-state index in [0.29, 0.717) is 13.0 Å². The summed E-state index contributed by atoms with van der Waals surface area (Å²) >= 11 is 1.15. The highest BCUT2D eigenvalue weighted by Gasteiger charge is 2.21. The molecule has 0 N–H and O–H groups in total. The number of rotatable bonds is 11. The van der Waals surface area contributed by atoms with E-state index in [9.17, 15) is 18.0 Å². The smallest absolute Gasteiger partial charge is 0.306 e. The van der Waals surface area contributed by atoms with Gasteiger partial charge in [0.1, 0.15) is 4.21 Å². The van der Waals surface area contributed by atoms with Crippen LogP contribution in [0.5, 0.6) is 0 Å². The van der Waals surface area contributed by atoms with Crippen LogP contribution in [0.1, 0.15) is 18.4 Å². The highest BCUT2D eigenvalue weighted by molar-refractivity contribution is 7.91. The van der Waals surface area contributed by atoms with Crippen molar-refractivity contribution in [2.75, 3.05) is 46.2 Å². The molecule has 2 rings (SSSR count). The first-order valence-electron chi connectivity index (χ1n) is 9.77. The molecule has 0 aliphatic heterocycles. The van der Waals surface area contributed by atoms with Gasteiger partial charge in [0.15, 0.2) is 6.61 Å². The van der Waals surface area contributed by atoms with Crippen LogP contribution in [0.25, 0.3) is 0 Å². The van der Waals surface area contributed by atoms with Crippen LogP contribution in [-0.2, 0) is 30.9 Å². The fourth-order valence-electron chi connectivity index (χ4n) is 2.72. The minimum atomic E-state index is -3.53. The number of ether oxygens (including phenoxy) is 1. The van der Waals surface area contributed by atoms with Crippen LogP contribution in [0, 0.1) is 0 Å². The molecule has 1 aromatic heterocycles. The molecule has 8 nitrogen and oxygen atoms in total. The van der Waals surface area contributed by atoms with E-state index in [-0.39, 0.29) is 29.7 Å². The standard InChI is InChI=1S/C21H29N3O5S2/c1-22(2)18-11-9-17(10-12-18)15-23(3)19(25)16-29-20(26)7-5-13-24(4)31(27,28)21-8-6-14-30-21/h6,8-12,14H,5,7,13,15-16H2,1-4H3. The van der Waals surface area contributed by atoms with Crippen LogP contribution in [0.3, 0.4) is 0 Å². The third kappa shape index (κ3) is 7.34. The molecule has 10 heteroatoms. The first kappa shape index (κ1) is 24.8. The Morgan fingerprint density at radius 2 is 1.71 bits per heavy atom. The van der Waals surface area contributed by atoms with Gasteiger partial charge < -0.3 is 14.5 Å². The zero-order valence-electron chi connectivity index (χ0n) is 18.3. The van der Waals surface area contributed by atoms with Crippen LogP contribution < -0.4 is 4.90 Å². The summed E-state index contributed by atoms with van der Waals surface area (Å²) in [6, 6.07) is 11.1. The number of anilines is 1. The maximum Gasteiger partial charge on any atom is 0.306 e. The monoisotopic (exact) mass is 467 g/mol. The summed E-state index contributed by atoms with van der Waals surface area (Å²) in [5.74, 6) is -0.832. The number of carbonyl (C=O) groups excluding carboxylic acids is 2. The van der Waals surface area contributed by atoms with Gasteiger partial charge in [-0.25, -0.2) is 12.7 Å². The van der Waals surface area contributed by atoms with Crippen molar-refractivity contribution in [3.05, 3.63) is 47.3 Å². The lowest BCUT2D eigenvalue weighted by Crippen LogP contribution is -2.31. The lowest BCUT2D eigenvalue weighted by atomic mass is 10.2. The lowest BCUT2D eigenvalue weighted by molar-refractivity contribution is -0.151. The summed E-state index contributed by atoms with van der Waals surface area (Å²) < 4.78 is 31.2. The van der Waals surface area contributed by atoms with E-state index in [1.54, 1.807) is 24.6 Å². The zero-order chi connectivity index (χ0) is 23.0. The molecule has 1 amide bonds. The van der Waals surface area contributed by atoms with E-state index < -0.39 is 16.0 Å². The predicted molar refractivity (Wildman–Crippen MR) is 122 cm³/mol. The number of nitrogens with zero attached hydrogens (tertiary/aromatic N) is 3. The molecule has 0 unspecified atom stereocenters. The average Bonchev–Trinajstić information content (AvgIpc) is 3.28. The molecule has 170 valence electrons. The minimum Gasteiger partial charge on any atom is -0.456 e. The van der Waals surface area contributed by atoms with E-state index in [1.807, 2.05) is 43.3 Å². The van der Waals surface area contributed by atoms with Gasteiger partial charge >= 0.3 is 5.97 Å². The number of benzene rings is 1. The molecular formula is C21H29N3O5S2. The van der Waals surface area contributed by atoms with Crippen LogP contribution in [0.15, 0.2) is 46.0 Å². The fraction of sp³-hybridized carbons (Fsp3) is 0.429. The van der Waals surface area contributed by atoms with Crippen molar-refractivity contribution in [1.82, 2.24) is 9.21 Å². The summed E-state index contributed by atoms with van der Waals surface area (Å²) in [7, 11) is 3.51. The molecule has 0 spiro atoms. The number of hydrogen-bond acceptors (Lipinski definition) is 7. The van der Waals surface area contributed by atoms with E-state index in [2.05, 4.69) is 0 Å². The van der Waals surface area contributed by atoms with E-state index >= 15 is 0 Å². The molecule has 2 aromatic rings. The predicted octanol–water partition coefficient (Wildman–Crippen LogP) is 2.42. The summed E-state index contributed by atoms with van der Waals surface area (Å²) in [5.41, 5.74) is 2.04. The van der Waals surface area contributed by atoms with Crippen molar-refractivity contribution < 1.29 is 22.7 Å². The number of thiophene rings is 1. The number of amides is 1. The fourth-order valence-corrected chi connectivity index (χ4v) is 5.13. The van der Waals surface area contributed by atoms with Gasteiger partial charge in [0.2, 0.25) is 0 Å². The van der Waals surface area contributed by atoms with E-state index in [1.165, 1.54) is 16.3 Å². The van der Waals surface area contributed by atoms with E-state index in [0.717, 1.165) is 22.6 Å². The van der Waals surface area contributed by atoms with Gasteiger partial charge in [-0.3, -0.25) is 9.59 Å². The maximum atomic E-state index is 12.3. The summed E-state index contributed by atoms with van der Waals surface area (Å²) in [6.45, 7) is 0.260. The molecule has 0 saturated heterocycles. The average molecular weight is 468 g/mol. The van der Waals surface area contributed by atoms with Crippen LogP contribution in [0.4, 0.5) is 5.69 Å². The number of hydrogen-bond donors (Lipinski definition) is 0. The van der Waals surface area contributed by atoms with Crippen molar-refractivity contribution >= 4 is 38.9 Å². The molecule has 0 radical (unpaired) electrons.